The van der Waals surface area contributed by atoms with Crippen LogP contribution in [0, 0.1) is 6.92 Å². The van der Waals surface area contributed by atoms with E-state index in [1.54, 1.807) is 11.8 Å². The maximum absolute atomic E-state index is 10.8. The van der Waals surface area contributed by atoms with Crippen LogP contribution >= 0.6 is 11.8 Å². The second kappa shape index (κ2) is 13.3. The summed E-state index contributed by atoms with van der Waals surface area (Å²) < 4.78 is 17.0. The summed E-state index contributed by atoms with van der Waals surface area (Å²) in [6.07, 6.45) is 1.81. The van der Waals surface area contributed by atoms with Crippen molar-refractivity contribution in [2.75, 3.05) is 46.1 Å². The van der Waals surface area contributed by atoms with E-state index in [1.807, 2.05) is 31.2 Å². The highest BCUT2D eigenvalue weighted by Crippen LogP contribution is 2.34. The van der Waals surface area contributed by atoms with E-state index >= 15 is 0 Å². The zero-order chi connectivity index (χ0) is 25.2. The van der Waals surface area contributed by atoms with Crippen LogP contribution in [0.5, 0.6) is 11.5 Å². The fourth-order valence-electron chi connectivity index (χ4n) is 4.13. The fourth-order valence-corrected chi connectivity index (χ4v) is 5.16. The van der Waals surface area contributed by atoms with Gasteiger partial charge in [0.15, 0.2) is 6.61 Å². The highest BCUT2D eigenvalue weighted by atomic mass is 32.2. The Labute approximate surface area is 217 Å². The second-order valence-electron chi connectivity index (χ2n) is 8.84. The van der Waals surface area contributed by atoms with Crippen molar-refractivity contribution in [3.05, 3.63) is 83.4 Å². The topological polar surface area (TPSA) is 68.2 Å². The van der Waals surface area contributed by atoms with Crippen molar-refractivity contribution in [3.8, 4) is 11.5 Å². The van der Waals surface area contributed by atoms with Crippen LogP contribution in [0.1, 0.15) is 23.1 Å². The van der Waals surface area contributed by atoms with Gasteiger partial charge in [-0.3, -0.25) is 4.90 Å². The molecule has 6 nitrogen and oxygen atoms in total. The summed E-state index contributed by atoms with van der Waals surface area (Å²) >= 11 is 1.66. The molecular formula is C29H33NO5S. The summed E-state index contributed by atoms with van der Waals surface area (Å²) in [6.45, 7) is 6.89. The summed E-state index contributed by atoms with van der Waals surface area (Å²) in [5.41, 5.74) is 3.36. The maximum atomic E-state index is 10.8. The molecule has 36 heavy (non-hydrogen) atoms. The van der Waals surface area contributed by atoms with Crippen molar-refractivity contribution in [1.29, 1.82) is 0 Å². The molecule has 0 spiro atoms. The minimum Gasteiger partial charge on any atom is -0.493 e. The van der Waals surface area contributed by atoms with Gasteiger partial charge >= 0.3 is 5.97 Å². The monoisotopic (exact) mass is 507 g/mol. The molecule has 1 aliphatic heterocycles. The average Bonchev–Trinajstić information content (AvgIpc) is 2.87. The van der Waals surface area contributed by atoms with Gasteiger partial charge in [-0.25, -0.2) is 4.79 Å². The average molecular weight is 508 g/mol. The lowest BCUT2D eigenvalue weighted by molar-refractivity contribution is -0.139. The number of carboxylic acids is 1. The van der Waals surface area contributed by atoms with E-state index in [4.69, 9.17) is 19.3 Å². The lowest BCUT2D eigenvalue weighted by atomic mass is 10.0. The molecule has 0 atom stereocenters. The number of hydrogen-bond donors (Lipinski definition) is 1. The third kappa shape index (κ3) is 8.29. The molecule has 0 aliphatic carbocycles. The molecule has 3 aromatic carbocycles. The van der Waals surface area contributed by atoms with Crippen molar-refractivity contribution in [3.63, 3.8) is 0 Å². The van der Waals surface area contributed by atoms with E-state index in [1.165, 1.54) is 11.1 Å². The summed E-state index contributed by atoms with van der Waals surface area (Å²) in [7, 11) is 0. The number of hydrogen-bond acceptors (Lipinski definition) is 6. The number of ether oxygens (including phenoxy) is 3. The first kappa shape index (κ1) is 26.1. The molecule has 1 saturated heterocycles. The number of carbonyl (C=O) groups is 1. The van der Waals surface area contributed by atoms with Gasteiger partial charge in [0.05, 0.1) is 19.8 Å². The quantitative estimate of drug-likeness (QED) is 0.334. The molecule has 0 aromatic heterocycles. The van der Waals surface area contributed by atoms with Crippen molar-refractivity contribution in [2.45, 2.75) is 29.6 Å². The number of morpholine rings is 1. The number of nitrogens with zero attached hydrogens (tertiary/aromatic N) is 1. The van der Waals surface area contributed by atoms with Gasteiger partial charge in [0.25, 0.3) is 0 Å². The van der Waals surface area contributed by atoms with Gasteiger partial charge in [-0.1, -0.05) is 42.1 Å². The summed E-state index contributed by atoms with van der Waals surface area (Å²) in [4.78, 5) is 15.4. The predicted molar refractivity (Wildman–Crippen MR) is 141 cm³/mol. The van der Waals surface area contributed by atoms with Crippen LogP contribution in [0.15, 0.2) is 76.5 Å². The van der Waals surface area contributed by atoms with Crippen LogP contribution in [0.25, 0.3) is 0 Å². The van der Waals surface area contributed by atoms with Crippen LogP contribution < -0.4 is 9.47 Å². The molecule has 0 bridgehead atoms. The normalized spacial score (nSPS) is 13.9. The smallest absolute Gasteiger partial charge is 0.341 e. The lowest BCUT2D eigenvalue weighted by Crippen LogP contribution is -2.37. The summed E-state index contributed by atoms with van der Waals surface area (Å²) in [6, 6.07) is 22.7. The Kier molecular flexibility index (Phi) is 9.67. The van der Waals surface area contributed by atoms with E-state index < -0.39 is 5.97 Å². The standard InChI is InChI=1S/C29H33NO5S/c1-22-16-26(8-9-28(22)35-21-29(31)32)36-27-19-24(17-23-6-3-2-4-7-23)18-25(20-27)34-13-5-10-30-11-14-33-15-12-30/h2-4,6-9,16,18-20H,5,10-15,17,21H2,1H3,(H,31,32). The van der Waals surface area contributed by atoms with Gasteiger partial charge in [-0.15, -0.1) is 0 Å². The van der Waals surface area contributed by atoms with Gasteiger partial charge in [-0.2, -0.15) is 0 Å². The Balaban J connectivity index is 1.44. The predicted octanol–water partition coefficient (Wildman–Crippen LogP) is 5.30. The molecule has 7 heteroatoms. The number of carboxylic acid groups (broad SMARTS) is 1. The number of rotatable bonds is 12. The molecule has 1 heterocycles. The molecular weight excluding hydrogens is 474 g/mol. The Hall–Kier alpha value is -3.00. The molecule has 1 fully saturated rings. The molecule has 0 radical (unpaired) electrons. The minimum atomic E-state index is -0.986. The molecule has 0 amide bonds. The van der Waals surface area contributed by atoms with Gasteiger partial charge in [0.2, 0.25) is 0 Å². The first-order valence-electron chi connectivity index (χ1n) is 12.3. The van der Waals surface area contributed by atoms with Crippen molar-refractivity contribution in [2.24, 2.45) is 0 Å². The van der Waals surface area contributed by atoms with Crippen LogP contribution in [0.2, 0.25) is 0 Å². The largest absolute Gasteiger partial charge is 0.493 e. The molecule has 3 aromatic rings. The maximum Gasteiger partial charge on any atom is 0.341 e. The minimum absolute atomic E-state index is 0.346. The number of aryl methyl sites for hydroxylation is 1. The van der Waals surface area contributed by atoms with Gasteiger partial charge in [0, 0.05) is 29.4 Å². The molecule has 1 aliphatic rings. The van der Waals surface area contributed by atoms with Crippen LogP contribution in [-0.2, 0) is 16.0 Å². The SMILES string of the molecule is Cc1cc(Sc2cc(Cc3ccccc3)cc(OCCCN3CCOCC3)c2)ccc1OCC(=O)O. The zero-order valence-corrected chi connectivity index (χ0v) is 21.5. The molecule has 1 N–H and O–H groups in total. The highest BCUT2D eigenvalue weighted by molar-refractivity contribution is 7.99. The van der Waals surface area contributed by atoms with Crippen LogP contribution in [0.3, 0.4) is 0 Å². The van der Waals surface area contributed by atoms with E-state index in [0.29, 0.717) is 12.4 Å². The first-order chi connectivity index (χ1) is 17.5. The summed E-state index contributed by atoms with van der Waals surface area (Å²) in [5, 5.41) is 8.87. The first-order valence-corrected chi connectivity index (χ1v) is 13.1. The van der Waals surface area contributed by atoms with Crippen LogP contribution in [-0.4, -0.2) is 62.0 Å². The van der Waals surface area contributed by atoms with Gasteiger partial charge in [-0.05, 0) is 72.9 Å². The summed E-state index contributed by atoms with van der Waals surface area (Å²) in [5.74, 6) is 0.482. The van der Waals surface area contributed by atoms with Gasteiger partial charge in [0.1, 0.15) is 11.5 Å². The second-order valence-corrected chi connectivity index (χ2v) is 9.99. The zero-order valence-electron chi connectivity index (χ0n) is 20.7. The Morgan fingerprint density at radius 3 is 2.53 bits per heavy atom. The van der Waals surface area contributed by atoms with Gasteiger partial charge < -0.3 is 19.3 Å². The van der Waals surface area contributed by atoms with Crippen LogP contribution in [0.4, 0.5) is 0 Å². The third-order valence-corrected chi connectivity index (χ3v) is 6.88. The Bertz CT molecular complexity index is 1130. The van der Waals surface area contributed by atoms with E-state index in [9.17, 15) is 4.79 Å². The van der Waals surface area contributed by atoms with E-state index in [-0.39, 0.29) is 6.61 Å². The van der Waals surface area contributed by atoms with E-state index in [0.717, 1.165) is 66.8 Å². The Morgan fingerprint density at radius 2 is 1.78 bits per heavy atom. The fraction of sp³-hybridized carbons (Fsp3) is 0.345. The van der Waals surface area contributed by atoms with Crippen molar-refractivity contribution < 1.29 is 24.1 Å². The molecule has 0 unspecified atom stereocenters. The number of aliphatic carboxylic acids is 1. The Morgan fingerprint density at radius 1 is 0.972 bits per heavy atom. The lowest BCUT2D eigenvalue weighted by Gasteiger charge is -2.26. The highest BCUT2D eigenvalue weighted by Gasteiger charge is 2.11. The van der Waals surface area contributed by atoms with Crippen molar-refractivity contribution >= 4 is 17.7 Å². The molecule has 4 rings (SSSR count). The number of benzene rings is 3. The molecule has 190 valence electrons. The van der Waals surface area contributed by atoms with Crippen molar-refractivity contribution in [1.82, 2.24) is 4.90 Å². The third-order valence-electron chi connectivity index (χ3n) is 5.92. The molecule has 0 saturated carbocycles. The van der Waals surface area contributed by atoms with E-state index in [2.05, 4.69) is 47.4 Å².